The van der Waals surface area contributed by atoms with E-state index < -0.39 is 0 Å². The standard InChI is InChI=1S/C8H11N3O2S/c1-2-13-8(12)6-3-10-11(4-6)5-7(9)14/h3-4H,2,5H2,1H3,(H2,9,14). The van der Waals surface area contributed by atoms with Crippen LogP contribution >= 0.6 is 12.2 Å². The molecule has 14 heavy (non-hydrogen) atoms. The number of thiocarbonyl (C=S) groups is 1. The van der Waals surface area contributed by atoms with Crippen LogP contribution in [0, 0.1) is 0 Å². The molecule has 0 aliphatic carbocycles. The van der Waals surface area contributed by atoms with Crippen LogP contribution in [0.5, 0.6) is 0 Å². The molecule has 1 heterocycles. The summed E-state index contributed by atoms with van der Waals surface area (Å²) in [5, 5.41) is 3.91. The summed E-state index contributed by atoms with van der Waals surface area (Å²) in [6.45, 7) is 2.42. The Morgan fingerprint density at radius 2 is 2.50 bits per heavy atom. The van der Waals surface area contributed by atoms with Crippen LogP contribution in [0.2, 0.25) is 0 Å². The Balaban J connectivity index is 2.67. The number of carbonyl (C=O) groups excluding carboxylic acids is 1. The lowest BCUT2D eigenvalue weighted by Gasteiger charge is -1.98. The molecular weight excluding hydrogens is 202 g/mol. The lowest BCUT2D eigenvalue weighted by atomic mass is 10.4. The van der Waals surface area contributed by atoms with Gasteiger partial charge in [-0.15, -0.1) is 0 Å². The molecule has 1 aromatic heterocycles. The zero-order valence-corrected chi connectivity index (χ0v) is 8.58. The Morgan fingerprint density at radius 3 is 3.07 bits per heavy atom. The maximum absolute atomic E-state index is 11.2. The van der Waals surface area contributed by atoms with Crippen molar-refractivity contribution in [2.45, 2.75) is 13.5 Å². The molecule has 0 atom stereocenters. The highest BCUT2D eigenvalue weighted by Gasteiger charge is 2.08. The molecule has 0 amide bonds. The van der Waals surface area contributed by atoms with Crippen LogP contribution in [0.15, 0.2) is 12.4 Å². The molecule has 0 aliphatic heterocycles. The van der Waals surface area contributed by atoms with Crippen LogP contribution in [0.25, 0.3) is 0 Å². The number of rotatable bonds is 4. The number of esters is 1. The van der Waals surface area contributed by atoms with Crippen LogP contribution in [0.4, 0.5) is 0 Å². The molecule has 0 spiro atoms. The predicted molar refractivity (Wildman–Crippen MR) is 55.0 cm³/mol. The van der Waals surface area contributed by atoms with Gasteiger partial charge in [0.25, 0.3) is 0 Å². The first-order valence-electron chi connectivity index (χ1n) is 4.11. The van der Waals surface area contributed by atoms with Crippen molar-refractivity contribution in [2.24, 2.45) is 5.73 Å². The Kier molecular flexibility index (Phi) is 3.58. The molecule has 0 unspecified atom stereocenters. The van der Waals surface area contributed by atoms with Crippen molar-refractivity contribution in [1.29, 1.82) is 0 Å². The van der Waals surface area contributed by atoms with Gasteiger partial charge in [-0.3, -0.25) is 4.68 Å². The van der Waals surface area contributed by atoms with Gasteiger partial charge in [0.2, 0.25) is 0 Å². The lowest BCUT2D eigenvalue weighted by Crippen LogP contribution is -2.16. The molecule has 0 aromatic carbocycles. The van der Waals surface area contributed by atoms with Crippen LogP contribution in [-0.2, 0) is 11.3 Å². The van der Waals surface area contributed by atoms with Crippen LogP contribution in [0.3, 0.4) is 0 Å². The van der Waals surface area contributed by atoms with E-state index in [0.29, 0.717) is 23.7 Å². The van der Waals surface area contributed by atoms with E-state index in [9.17, 15) is 4.79 Å². The summed E-state index contributed by atoms with van der Waals surface area (Å²) in [4.78, 5) is 11.5. The molecule has 1 aromatic rings. The third-order valence-corrected chi connectivity index (χ3v) is 1.59. The van der Waals surface area contributed by atoms with Crippen molar-refractivity contribution < 1.29 is 9.53 Å². The van der Waals surface area contributed by atoms with E-state index in [4.69, 9.17) is 22.7 Å². The summed E-state index contributed by atoms with van der Waals surface area (Å²) in [6, 6.07) is 0. The van der Waals surface area contributed by atoms with Gasteiger partial charge in [0.15, 0.2) is 0 Å². The third-order valence-electron chi connectivity index (χ3n) is 1.46. The molecule has 76 valence electrons. The van der Waals surface area contributed by atoms with Crippen LogP contribution in [-0.4, -0.2) is 27.3 Å². The first-order chi connectivity index (χ1) is 6.63. The highest BCUT2D eigenvalue weighted by molar-refractivity contribution is 7.80. The van der Waals surface area contributed by atoms with Gasteiger partial charge in [0, 0.05) is 6.20 Å². The zero-order valence-electron chi connectivity index (χ0n) is 7.77. The summed E-state index contributed by atoms with van der Waals surface area (Å²) in [6.07, 6.45) is 2.98. The minimum Gasteiger partial charge on any atom is -0.462 e. The molecular formula is C8H11N3O2S. The van der Waals surface area contributed by atoms with Crippen LogP contribution < -0.4 is 5.73 Å². The van der Waals surface area contributed by atoms with Crippen molar-refractivity contribution in [1.82, 2.24) is 9.78 Å². The predicted octanol–water partition coefficient (Wildman–Crippen LogP) is 0.346. The normalized spacial score (nSPS) is 9.79. The SMILES string of the molecule is CCOC(=O)c1cnn(CC(N)=S)c1. The Labute approximate surface area is 86.8 Å². The highest BCUT2D eigenvalue weighted by atomic mass is 32.1. The van der Waals surface area contributed by atoms with Gasteiger partial charge in [-0.2, -0.15) is 5.10 Å². The molecule has 0 radical (unpaired) electrons. The first-order valence-corrected chi connectivity index (χ1v) is 4.52. The summed E-state index contributed by atoms with van der Waals surface area (Å²) in [5.41, 5.74) is 5.73. The van der Waals surface area contributed by atoms with Crippen molar-refractivity contribution >= 4 is 23.2 Å². The first kappa shape index (κ1) is 10.6. The number of aromatic nitrogens is 2. The smallest absolute Gasteiger partial charge is 0.341 e. The largest absolute Gasteiger partial charge is 0.462 e. The second-order valence-electron chi connectivity index (χ2n) is 2.61. The van der Waals surface area contributed by atoms with Crippen molar-refractivity contribution in [2.75, 3.05) is 6.61 Å². The number of nitrogens with two attached hydrogens (primary N) is 1. The fraction of sp³-hybridized carbons (Fsp3) is 0.375. The van der Waals surface area contributed by atoms with Crippen molar-refractivity contribution in [3.05, 3.63) is 18.0 Å². The number of ether oxygens (including phenoxy) is 1. The summed E-state index contributed by atoms with van der Waals surface area (Å²) < 4.78 is 6.28. The third kappa shape index (κ3) is 2.81. The second kappa shape index (κ2) is 4.71. The molecule has 0 saturated carbocycles. The minimum atomic E-state index is -0.387. The van der Waals surface area contributed by atoms with E-state index in [0.717, 1.165) is 0 Å². The van der Waals surface area contributed by atoms with E-state index in [-0.39, 0.29) is 5.97 Å². The van der Waals surface area contributed by atoms with Crippen molar-refractivity contribution in [3.8, 4) is 0 Å². The second-order valence-corrected chi connectivity index (χ2v) is 3.14. The molecule has 1 rings (SSSR count). The molecule has 0 fully saturated rings. The van der Waals surface area contributed by atoms with E-state index in [1.165, 1.54) is 10.9 Å². The Hall–Kier alpha value is -1.43. The van der Waals surface area contributed by atoms with Crippen molar-refractivity contribution in [3.63, 3.8) is 0 Å². The van der Waals surface area contributed by atoms with Gasteiger partial charge < -0.3 is 10.5 Å². The highest BCUT2D eigenvalue weighted by Crippen LogP contribution is 2.00. The van der Waals surface area contributed by atoms with Gasteiger partial charge in [0.1, 0.15) is 0 Å². The minimum absolute atomic E-state index is 0.323. The lowest BCUT2D eigenvalue weighted by molar-refractivity contribution is 0.0526. The van der Waals surface area contributed by atoms with E-state index in [2.05, 4.69) is 5.10 Å². The molecule has 5 nitrogen and oxygen atoms in total. The molecule has 0 aliphatic rings. The fourth-order valence-corrected chi connectivity index (χ4v) is 1.06. The van der Waals surface area contributed by atoms with Gasteiger partial charge in [-0.05, 0) is 6.92 Å². The van der Waals surface area contributed by atoms with Gasteiger partial charge in [0.05, 0.1) is 29.9 Å². The van der Waals surface area contributed by atoms with E-state index in [1.807, 2.05) is 0 Å². The van der Waals surface area contributed by atoms with Gasteiger partial charge in [-0.25, -0.2) is 4.79 Å². The number of hydrogen-bond donors (Lipinski definition) is 1. The molecule has 0 bridgehead atoms. The molecule has 2 N–H and O–H groups in total. The van der Waals surface area contributed by atoms with E-state index >= 15 is 0 Å². The number of carbonyl (C=O) groups is 1. The van der Waals surface area contributed by atoms with E-state index in [1.54, 1.807) is 13.1 Å². The molecule has 0 saturated heterocycles. The summed E-state index contributed by atoms with van der Waals surface area (Å²) in [7, 11) is 0. The summed E-state index contributed by atoms with van der Waals surface area (Å²) >= 11 is 4.70. The quantitative estimate of drug-likeness (QED) is 0.577. The average Bonchev–Trinajstić information content (AvgIpc) is 2.52. The Bertz CT molecular complexity index is 348. The average molecular weight is 213 g/mol. The van der Waals surface area contributed by atoms with Crippen LogP contribution in [0.1, 0.15) is 17.3 Å². The fourth-order valence-electron chi connectivity index (χ4n) is 0.930. The summed E-state index contributed by atoms with van der Waals surface area (Å²) in [5.74, 6) is -0.387. The monoisotopic (exact) mass is 213 g/mol. The topological polar surface area (TPSA) is 70.1 Å². The maximum Gasteiger partial charge on any atom is 0.341 e. The number of nitrogens with zero attached hydrogens (tertiary/aromatic N) is 2. The van der Waals surface area contributed by atoms with Gasteiger partial charge in [-0.1, -0.05) is 12.2 Å². The number of hydrogen-bond acceptors (Lipinski definition) is 4. The Morgan fingerprint density at radius 1 is 1.79 bits per heavy atom. The van der Waals surface area contributed by atoms with Gasteiger partial charge >= 0.3 is 5.97 Å². The molecule has 6 heteroatoms. The maximum atomic E-state index is 11.2. The zero-order chi connectivity index (χ0) is 10.6.